The van der Waals surface area contributed by atoms with E-state index >= 15 is 0 Å². The van der Waals surface area contributed by atoms with Gasteiger partial charge >= 0.3 is 0 Å². The van der Waals surface area contributed by atoms with E-state index in [2.05, 4.69) is 45.0 Å². The highest BCUT2D eigenvalue weighted by molar-refractivity contribution is 9.10. The largest absolute Gasteiger partial charge is 0.395 e. The minimum Gasteiger partial charge on any atom is -0.395 e. The van der Waals surface area contributed by atoms with Gasteiger partial charge in [0.2, 0.25) is 5.28 Å². The first-order valence-electron chi connectivity index (χ1n) is 7.62. The summed E-state index contributed by atoms with van der Waals surface area (Å²) in [5.74, 6) is 0.757. The molecule has 0 atom stereocenters. The molecule has 1 aromatic carbocycles. The number of halogens is 2. The van der Waals surface area contributed by atoms with Gasteiger partial charge in [-0.25, -0.2) is 4.98 Å². The number of anilines is 1. The number of aliphatic hydroxyl groups is 1. The molecular formula is C17H17BrClN3OS. The molecule has 0 bridgehead atoms. The quantitative estimate of drug-likeness (QED) is 0.597. The van der Waals surface area contributed by atoms with Gasteiger partial charge in [0, 0.05) is 28.5 Å². The van der Waals surface area contributed by atoms with E-state index in [0.29, 0.717) is 6.54 Å². The molecule has 0 radical (unpaired) electrons. The van der Waals surface area contributed by atoms with Gasteiger partial charge in [-0.15, -0.1) is 11.3 Å². The maximum absolute atomic E-state index is 9.29. The van der Waals surface area contributed by atoms with Crippen LogP contribution in [-0.4, -0.2) is 35.3 Å². The number of hydrogen-bond acceptors (Lipinski definition) is 5. The van der Waals surface area contributed by atoms with Gasteiger partial charge in [-0.1, -0.05) is 35.0 Å². The summed E-state index contributed by atoms with van der Waals surface area (Å²) in [4.78, 5) is 12.9. The maximum Gasteiger partial charge on any atom is 0.225 e. The fourth-order valence-corrected chi connectivity index (χ4v) is 4.31. The van der Waals surface area contributed by atoms with Gasteiger partial charge in [0.05, 0.1) is 12.0 Å². The summed E-state index contributed by atoms with van der Waals surface area (Å²) in [6.07, 6.45) is 0.910. The number of aromatic nitrogens is 2. The number of aliphatic hydroxyl groups excluding tert-OH is 1. The van der Waals surface area contributed by atoms with Gasteiger partial charge in [0.15, 0.2) is 0 Å². The molecule has 24 heavy (non-hydrogen) atoms. The van der Waals surface area contributed by atoms with E-state index in [1.165, 1.54) is 4.88 Å². The Bertz CT molecular complexity index is 866. The van der Waals surface area contributed by atoms with Crippen molar-refractivity contribution in [3.8, 4) is 11.1 Å². The zero-order valence-electron chi connectivity index (χ0n) is 13.4. The van der Waals surface area contributed by atoms with Crippen LogP contribution in [0.4, 0.5) is 5.82 Å². The normalized spacial score (nSPS) is 11.2. The molecular weight excluding hydrogens is 410 g/mol. The highest BCUT2D eigenvalue weighted by atomic mass is 79.9. The fourth-order valence-electron chi connectivity index (χ4n) is 2.71. The third-order valence-electron chi connectivity index (χ3n) is 3.83. The van der Waals surface area contributed by atoms with Gasteiger partial charge in [0.1, 0.15) is 10.6 Å². The first kappa shape index (κ1) is 17.6. The van der Waals surface area contributed by atoms with Crippen LogP contribution in [0.5, 0.6) is 0 Å². The van der Waals surface area contributed by atoms with Crippen molar-refractivity contribution in [2.24, 2.45) is 0 Å². The molecule has 2 heterocycles. The molecule has 0 unspecified atom stereocenters. The van der Waals surface area contributed by atoms with E-state index in [1.807, 2.05) is 24.1 Å². The summed E-state index contributed by atoms with van der Waals surface area (Å²) >= 11 is 11.3. The van der Waals surface area contributed by atoms with Gasteiger partial charge in [-0.3, -0.25) is 0 Å². The van der Waals surface area contributed by atoms with Gasteiger partial charge in [-0.2, -0.15) is 4.98 Å². The third kappa shape index (κ3) is 3.28. The second-order valence-electron chi connectivity index (χ2n) is 5.40. The molecule has 0 saturated heterocycles. The van der Waals surface area contributed by atoms with E-state index < -0.39 is 0 Å². The van der Waals surface area contributed by atoms with Crippen molar-refractivity contribution in [3.05, 3.63) is 38.9 Å². The Hall–Kier alpha value is -1.21. The van der Waals surface area contributed by atoms with Crippen LogP contribution in [0.1, 0.15) is 11.8 Å². The average Bonchev–Trinajstić information content (AvgIpc) is 2.93. The van der Waals surface area contributed by atoms with Gasteiger partial charge < -0.3 is 10.0 Å². The molecule has 3 aromatic rings. The molecule has 0 aliphatic rings. The van der Waals surface area contributed by atoms with Crippen LogP contribution in [0.25, 0.3) is 21.3 Å². The van der Waals surface area contributed by atoms with Crippen molar-refractivity contribution in [1.29, 1.82) is 0 Å². The van der Waals surface area contributed by atoms with Crippen molar-refractivity contribution >= 4 is 54.9 Å². The topological polar surface area (TPSA) is 49.2 Å². The van der Waals surface area contributed by atoms with Crippen LogP contribution in [0.3, 0.4) is 0 Å². The SMILES string of the molecule is CCc1sc2nc(Cl)nc(N(C)CCO)c2c1-c1ccc(Br)cc1. The van der Waals surface area contributed by atoms with Crippen molar-refractivity contribution in [2.45, 2.75) is 13.3 Å². The smallest absolute Gasteiger partial charge is 0.225 e. The van der Waals surface area contributed by atoms with E-state index in [0.717, 1.165) is 38.1 Å². The summed E-state index contributed by atoms with van der Waals surface area (Å²) in [5.41, 5.74) is 2.28. The lowest BCUT2D eigenvalue weighted by atomic mass is 10.0. The number of nitrogens with zero attached hydrogens (tertiary/aromatic N) is 3. The summed E-state index contributed by atoms with van der Waals surface area (Å²) in [5, 5.41) is 10.5. The van der Waals surface area contributed by atoms with Crippen LogP contribution < -0.4 is 4.90 Å². The Balaban J connectivity index is 2.32. The summed E-state index contributed by atoms with van der Waals surface area (Å²) < 4.78 is 1.04. The lowest BCUT2D eigenvalue weighted by molar-refractivity contribution is 0.304. The zero-order valence-corrected chi connectivity index (χ0v) is 16.5. The number of thiophene rings is 1. The predicted molar refractivity (Wildman–Crippen MR) is 105 cm³/mol. The molecule has 0 spiro atoms. The Morgan fingerprint density at radius 1 is 1.25 bits per heavy atom. The first-order valence-corrected chi connectivity index (χ1v) is 9.60. The molecule has 0 aliphatic heterocycles. The van der Waals surface area contributed by atoms with Crippen LogP contribution >= 0.6 is 38.9 Å². The lowest BCUT2D eigenvalue weighted by Gasteiger charge is -2.18. The monoisotopic (exact) mass is 425 g/mol. The van der Waals surface area contributed by atoms with Crippen LogP contribution in [-0.2, 0) is 6.42 Å². The molecule has 0 aliphatic carbocycles. The maximum atomic E-state index is 9.29. The summed E-state index contributed by atoms with van der Waals surface area (Å²) in [7, 11) is 1.91. The van der Waals surface area contributed by atoms with Crippen molar-refractivity contribution < 1.29 is 5.11 Å². The molecule has 1 N–H and O–H groups in total. The molecule has 7 heteroatoms. The van der Waals surface area contributed by atoms with Crippen LogP contribution in [0, 0.1) is 0 Å². The van der Waals surface area contributed by atoms with Gasteiger partial charge in [0.25, 0.3) is 0 Å². The number of likely N-dealkylation sites (N-methyl/N-ethyl adjacent to an activating group) is 1. The minimum atomic E-state index is 0.0536. The molecule has 3 rings (SSSR count). The number of hydrogen-bond donors (Lipinski definition) is 1. The Morgan fingerprint density at radius 3 is 2.58 bits per heavy atom. The minimum absolute atomic E-state index is 0.0536. The Labute approximate surface area is 158 Å². The Morgan fingerprint density at radius 2 is 1.96 bits per heavy atom. The number of aryl methyl sites for hydroxylation is 1. The van der Waals surface area contributed by atoms with E-state index in [1.54, 1.807) is 11.3 Å². The van der Waals surface area contributed by atoms with E-state index in [4.69, 9.17) is 11.6 Å². The number of benzene rings is 1. The molecule has 0 fully saturated rings. The highest BCUT2D eigenvalue weighted by Gasteiger charge is 2.21. The Kier molecular flexibility index (Phi) is 5.39. The number of rotatable bonds is 5. The molecule has 0 saturated carbocycles. The second-order valence-corrected chi connectivity index (χ2v) is 7.74. The van der Waals surface area contributed by atoms with Crippen LogP contribution in [0.2, 0.25) is 5.28 Å². The number of fused-ring (bicyclic) bond motifs is 1. The van der Waals surface area contributed by atoms with E-state index in [9.17, 15) is 5.11 Å². The predicted octanol–water partition coefficient (Wildman–Crippen LogP) is 4.77. The summed E-state index contributed by atoms with van der Waals surface area (Å²) in [6, 6.07) is 8.25. The van der Waals surface area contributed by atoms with Crippen molar-refractivity contribution in [2.75, 3.05) is 25.1 Å². The zero-order chi connectivity index (χ0) is 17.3. The van der Waals surface area contributed by atoms with E-state index in [-0.39, 0.29) is 11.9 Å². The lowest BCUT2D eigenvalue weighted by Crippen LogP contribution is -2.22. The van der Waals surface area contributed by atoms with Crippen molar-refractivity contribution in [1.82, 2.24) is 9.97 Å². The highest BCUT2D eigenvalue weighted by Crippen LogP contribution is 2.42. The molecule has 126 valence electrons. The van der Waals surface area contributed by atoms with Crippen LogP contribution in [0.15, 0.2) is 28.7 Å². The fraction of sp³-hybridized carbons (Fsp3) is 0.294. The summed E-state index contributed by atoms with van der Waals surface area (Å²) in [6.45, 7) is 2.68. The second kappa shape index (κ2) is 7.35. The molecule has 4 nitrogen and oxygen atoms in total. The molecule has 2 aromatic heterocycles. The van der Waals surface area contributed by atoms with Crippen molar-refractivity contribution in [3.63, 3.8) is 0 Å². The van der Waals surface area contributed by atoms with Gasteiger partial charge in [-0.05, 0) is 35.7 Å². The average molecular weight is 427 g/mol. The standard InChI is InChI=1S/C17H17BrClN3OS/c1-3-12-13(10-4-6-11(18)7-5-10)14-15(22(2)8-9-23)20-17(19)21-16(14)24-12/h4-7,23H,3,8-9H2,1-2H3. The first-order chi connectivity index (χ1) is 11.5. The molecule has 0 amide bonds. The third-order valence-corrected chi connectivity index (χ3v) is 5.75.